The number of piperidine rings is 1. The van der Waals surface area contributed by atoms with Crippen molar-refractivity contribution < 1.29 is 9.18 Å². The van der Waals surface area contributed by atoms with E-state index in [0.717, 1.165) is 42.3 Å². The van der Waals surface area contributed by atoms with Gasteiger partial charge < -0.3 is 10.2 Å². The molecule has 2 aromatic rings. The second kappa shape index (κ2) is 9.32. The topological polar surface area (TPSA) is 57.1 Å². The summed E-state index contributed by atoms with van der Waals surface area (Å²) in [6, 6.07) is 16.3. The predicted octanol–water partition coefficient (Wildman–Crippen LogP) is 4.60. The first-order valence-corrected chi connectivity index (χ1v) is 11.6. The minimum absolute atomic E-state index is 0.151. The van der Waals surface area contributed by atoms with E-state index in [-0.39, 0.29) is 17.5 Å². The number of anilines is 1. The lowest BCUT2D eigenvalue weighted by atomic mass is 9.97. The van der Waals surface area contributed by atoms with Crippen molar-refractivity contribution in [2.75, 3.05) is 24.2 Å². The molecule has 2 aromatic carbocycles. The molecule has 0 unspecified atom stereocenters. The SMILES string of the molecule is CC(C)N1CCC2(CC1)N=C(SCC(=O)Nc1ccc(F)cc1)C(c1ccccc1)=N2. The van der Waals surface area contributed by atoms with Crippen LogP contribution in [-0.4, -0.2) is 52.1 Å². The Morgan fingerprint density at radius 3 is 2.42 bits per heavy atom. The fourth-order valence-electron chi connectivity index (χ4n) is 3.89. The number of hydrogen-bond donors (Lipinski definition) is 1. The smallest absolute Gasteiger partial charge is 0.234 e. The third kappa shape index (κ3) is 5.22. The van der Waals surface area contributed by atoms with Gasteiger partial charge in [0.05, 0.1) is 11.5 Å². The average Bonchev–Trinajstić information content (AvgIpc) is 3.13. The summed E-state index contributed by atoms with van der Waals surface area (Å²) < 4.78 is 13.1. The molecule has 0 aromatic heterocycles. The number of likely N-dealkylation sites (tertiary alicyclic amines) is 1. The average molecular weight is 439 g/mol. The first-order valence-electron chi connectivity index (χ1n) is 10.6. The third-order valence-electron chi connectivity index (χ3n) is 5.68. The van der Waals surface area contributed by atoms with Gasteiger partial charge in [0.15, 0.2) is 5.66 Å². The van der Waals surface area contributed by atoms with Gasteiger partial charge in [0.2, 0.25) is 5.91 Å². The number of halogens is 1. The quantitative estimate of drug-likeness (QED) is 0.742. The van der Waals surface area contributed by atoms with E-state index in [1.165, 1.54) is 23.9 Å². The summed E-state index contributed by atoms with van der Waals surface area (Å²) in [6.07, 6.45) is 1.76. The van der Waals surface area contributed by atoms with Crippen LogP contribution in [0.5, 0.6) is 0 Å². The number of aliphatic imine (C=N–C) groups is 2. The standard InChI is InChI=1S/C24H27FN4OS/c1-17(2)29-14-12-24(13-15-29)27-22(18-6-4-3-5-7-18)23(28-24)31-16-21(30)26-20-10-8-19(25)9-11-20/h3-11,17H,12-16H2,1-2H3,(H,26,30). The van der Waals surface area contributed by atoms with E-state index in [4.69, 9.17) is 9.98 Å². The van der Waals surface area contributed by atoms with Crippen LogP contribution in [0.2, 0.25) is 0 Å². The molecular formula is C24H27FN4OS. The second-order valence-corrected chi connectivity index (χ2v) is 9.16. The Hall–Kier alpha value is -2.51. The summed E-state index contributed by atoms with van der Waals surface area (Å²) in [5.74, 6) is -0.261. The monoisotopic (exact) mass is 438 g/mol. The third-order valence-corrected chi connectivity index (χ3v) is 6.64. The van der Waals surface area contributed by atoms with E-state index < -0.39 is 5.66 Å². The number of thioether (sulfide) groups is 1. The Morgan fingerprint density at radius 2 is 1.77 bits per heavy atom. The molecule has 0 atom stereocenters. The maximum absolute atomic E-state index is 13.1. The van der Waals surface area contributed by atoms with E-state index in [0.29, 0.717) is 11.7 Å². The minimum atomic E-state index is -0.424. The van der Waals surface area contributed by atoms with Crippen LogP contribution in [0.3, 0.4) is 0 Å². The van der Waals surface area contributed by atoms with Gasteiger partial charge in [0, 0.05) is 43.2 Å². The van der Waals surface area contributed by atoms with Crippen LogP contribution in [0, 0.1) is 5.82 Å². The van der Waals surface area contributed by atoms with E-state index >= 15 is 0 Å². The first kappa shape index (κ1) is 21.7. The van der Waals surface area contributed by atoms with E-state index in [9.17, 15) is 9.18 Å². The molecule has 0 saturated carbocycles. The molecule has 2 aliphatic heterocycles. The molecule has 0 bridgehead atoms. The molecule has 2 heterocycles. The molecule has 2 aliphatic rings. The highest BCUT2D eigenvalue weighted by molar-refractivity contribution is 8.16. The number of nitrogens with zero attached hydrogens (tertiary/aromatic N) is 3. The summed E-state index contributed by atoms with van der Waals surface area (Å²) in [5.41, 5.74) is 2.05. The number of benzene rings is 2. The molecule has 7 heteroatoms. The molecule has 4 rings (SSSR count). The molecule has 1 N–H and O–H groups in total. The lowest BCUT2D eigenvalue weighted by molar-refractivity contribution is -0.113. The zero-order valence-corrected chi connectivity index (χ0v) is 18.7. The Bertz CT molecular complexity index is 980. The maximum atomic E-state index is 13.1. The van der Waals surface area contributed by atoms with Crippen LogP contribution >= 0.6 is 11.8 Å². The Labute approximate surface area is 186 Å². The van der Waals surface area contributed by atoms with Crippen molar-refractivity contribution in [3.63, 3.8) is 0 Å². The highest BCUT2D eigenvalue weighted by Crippen LogP contribution is 2.36. The van der Waals surface area contributed by atoms with Gasteiger partial charge in [-0.2, -0.15) is 0 Å². The van der Waals surface area contributed by atoms with Crippen molar-refractivity contribution >= 4 is 34.1 Å². The van der Waals surface area contributed by atoms with Crippen molar-refractivity contribution in [1.29, 1.82) is 0 Å². The van der Waals surface area contributed by atoms with Gasteiger partial charge in [-0.05, 0) is 38.1 Å². The van der Waals surface area contributed by atoms with Crippen molar-refractivity contribution in [2.24, 2.45) is 9.98 Å². The molecule has 1 amide bonds. The van der Waals surface area contributed by atoms with E-state index in [2.05, 4.69) is 24.1 Å². The molecule has 0 aliphatic carbocycles. The lowest BCUT2D eigenvalue weighted by Crippen LogP contribution is -2.44. The minimum Gasteiger partial charge on any atom is -0.325 e. The number of hydrogen-bond acceptors (Lipinski definition) is 5. The summed E-state index contributed by atoms with van der Waals surface area (Å²) in [7, 11) is 0. The van der Waals surface area contributed by atoms with Gasteiger partial charge in [0.1, 0.15) is 10.9 Å². The molecule has 1 fully saturated rings. The maximum Gasteiger partial charge on any atom is 0.234 e. The number of rotatable bonds is 5. The van der Waals surface area contributed by atoms with Crippen LogP contribution in [0.4, 0.5) is 10.1 Å². The van der Waals surface area contributed by atoms with Crippen LogP contribution in [0.1, 0.15) is 32.3 Å². The normalized spacial score (nSPS) is 18.2. The van der Waals surface area contributed by atoms with Crippen LogP contribution in [-0.2, 0) is 4.79 Å². The van der Waals surface area contributed by atoms with Gasteiger partial charge in [-0.1, -0.05) is 42.1 Å². The van der Waals surface area contributed by atoms with Crippen molar-refractivity contribution in [3.8, 4) is 0 Å². The van der Waals surface area contributed by atoms with Crippen molar-refractivity contribution in [2.45, 2.75) is 38.4 Å². The van der Waals surface area contributed by atoms with E-state index in [1.807, 2.05) is 30.3 Å². The summed E-state index contributed by atoms with van der Waals surface area (Å²) in [6.45, 7) is 6.37. The van der Waals surface area contributed by atoms with E-state index in [1.54, 1.807) is 12.1 Å². The lowest BCUT2D eigenvalue weighted by Gasteiger charge is -2.37. The number of carbonyl (C=O) groups excluding carboxylic acids is 1. The molecule has 162 valence electrons. The first-order chi connectivity index (χ1) is 14.9. The van der Waals surface area contributed by atoms with Gasteiger partial charge in [-0.25, -0.2) is 9.38 Å². The predicted molar refractivity (Wildman–Crippen MR) is 127 cm³/mol. The Balaban J connectivity index is 1.48. The van der Waals surface area contributed by atoms with Gasteiger partial charge in [-0.15, -0.1) is 0 Å². The molecule has 1 saturated heterocycles. The van der Waals surface area contributed by atoms with Crippen LogP contribution < -0.4 is 5.32 Å². The van der Waals surface area contributed by atoms with Gasteiger partial charge >= 0.3 is 0 Å². The summed E-state index contributed by atoms with van der Waals surface area (Å²) in [4.78, 5) is 25.0. The largest absolute Gasteiger partial charge is 0.325 e. The highest BCUT2D eigenvalue weighted by Gasteiger charge is 2.40. The Kier molecular flexibility index (Phi) is 6.53. The molecule has 31 heavy (non-hydrogen) atoms. The number of nitrogens with one attached hydrogen (secondary N) is 1. The second-order valence-electron chi connectivity index (χ2n) is 8.20. The molecule has 1 spiro atoms. The van der Waals surface area contributed by atoms with Crippen molar-refractivity contribution in [3.05, 3.63) is 66.0 Å². The number of carbonyl (C=O) groups is 1. The zero-order valence-electron chi connectivity index (χ0n) is 17.8. The number of amides is 1. The fraction of sp³-hybridized carbons (Fsp3) is 0.375. The van der Waals surface area contributed by atoms with Crippen LogP contribution in [0.25, 0.3) is 0 Å². The molecule has 5 nitrogen and oxygen atoms in total. The summed E-state index contributed by atoms with van der Waals surface area (Å²) >= 11 is 1.41. The summed E-state index contributed by atoms with van der Waals surface area (Å²) in [5, 5.41) is 3.63. The fourth-order valence-corrected chi connectivity index (χ4v) is 4.77. The van der Waals surface area contributed by atoms with Crippen molar-refractivity contribution in [1.82, 2.24) is 4.90 Å². The van der Waals surface area contributed by atoms with Crippen LogP contribution in [0.15, 0.2) is 64.6 Å². The molecule has 0 radical (unpaired) electrons. The van der Waals surface area contributed by atoms with Gasteiger partial charge in [-0.3, -0.25) is 9.79 Å². The highest BCUT2D eigenvalue weighted by atomic mass is 32.2. The zero-order chi connectivity index (χ0) is 21.8. The van der Waals surface area contributed by atoms with Gasteiger partial charge in [0.25, 0.3) is 0 Å². The molecular weight excluding hydrogens is 411 g/mol. The Morgan fingerprint density at radius 1 is 1.10 bits per heavy atom.